The molecule has 1 saturated heterocycles. The van der Waals surface area contributed by atoms with Crippen LogP contribution >= 0.6 is 0 Å². The molecule has 7 nitrogen and oxygen atoms in total. The monoisotopic (exact) mass is 268 g/mol. The predicted molar refractivity (Wildman–Crippen MR) is 69.8 cm³/mol. The van der Waals surface area contributed by atoms with Crippen molar-refractivity contribution in [3.8, 4) is 0 Å². The minimum absolute atomic E-state index is 0.00769. The first-order chi connectivity index (χ1) is 9.11. The van der Waals surface area contributed by atoms with Crippen molar-refractivity contribution in [2.75, 3.05) is 26.2 Å². The van der Waals surface area contributed by atoms with Gasteiger partial charge in [0.15, 0.2) is 0 Å². The van der Waals surface area contributed by atoms with Crippen molar-refractivity contribution in [1.82, 2.24) is 15.1 Å². The second-order valence-electron chi connectivity index (χ2n) is 4.77. The molecule has 0 radical (unpaired) electrons. The Morgan fingerprint density at radius 2 is 2.32 bits per heavy atom. The fourth-order valence-electron chi connectivity index (χ4n) is 2.25. The molecule has 2 rings (SSSR count). The summed E-state index contributed by atoms with van der Waals surface area (Å²) < 4.78 is 5.53. The lowest BCUT2D eigenvalue weighted by molar-refractivity contribution is -0.138. The van der Waals surface area contributed by atoms with E-state index in [2.05, 4.69) is 10.2 Å². The average molecular weight is 268 g/mol. The van der Waals surface area contributed by atoms with Gasteiger partial charge in [-0.05, 0) is 19.9 Å². The predicted octanol–water partition coefficient (Wildman–Crippen LogP) is -0.870. The SMILES string of the molecule is Cc1[nH][nH]c(=O)c1CC(=O)N1CCO[C@@H](CCN)C1. The third kappa shape index (κ3) is 3.24. The number of aromatic amines is 2. The largest absolute Gasteiger partial charge is 0.374 e. The summed E-state index contributed by atoms with van der Waals surface area (Å²) in [7, 11) is 0. The van der Waals surface area contributed by atoms with Crippen molar-refractivity contribution in [1.29, 1.82) is 0 Å². The Balaban J connectivity index is 1.98. The average Bonchev–Trinajstić information content (AvgIpc) is 2.71. The molecule has 19 heavy (non-hydrogen) atoms. The number of ether oxygens (including phenoxy) is 1. The van der Waals surface area contributed by atoms with E-state index in [4.69, 9.17) is 10.5 Å². The van der Waals surface area contributed by atoms with Gasteiger partial charge in [0.1, 0.15) is 0 Å². The number of nitrogens with zero attached hydrogens (tertiary/aromatic N) is 1. The van der Waals surface area contributed by atoms with Crippen LogP contribution in [0.2, 0.25) is 0 Å². The molecule has 0 aromatic carbocycles. The van der Waals surface area contributed by atoms with Crippen LogP contribution < -0.4 is 11.3 Å². The molecular weight excluding hydrogens is 248 g/mol. The van der Waals surface area contributed by atoms with Crippen molar-refractivity contribution in [2.24, 2.45) is 5.73 Å². The number of nitrogens with two attached hydrogens (primary N) is 1. The van der Waals surface area contributed by atoms with Crippen LogP contribution in [0.5, 0.6) is 0 Å². The van der Waals surface area contributed by atoms with Crippen LogP contribution in [0.1, 0.15) is 17.7 Å². The van der Waals surface area contributed by atoms with Gasteiger partial charge in [-0.3, -0.25) is 14.7 Å². The van der Waals surface area contributed by atoms with Gasteiger partial charge in [-0.2, -0.15) is 0 Å². The van der Waals surface area contributed by atoms with Crippen LogP contribution in [0.15, 0.2) is 4.79 Å². The van der Waals surface area contributed by atoms with Gasteiger partial charge in [0.2, 0.25) is 5.91 Å². The first kappa shape index (κ1) is 13.8. The lowest BCUT2D eigenvalue weighted by atomic mass is 10.1. The highest BCUT2D eigenvalue weighted by Gasteiger charge is 2.24. The van der Waals surface area contributed by atoms with E-state index in [0.717, 1.165) is 6.42 Å². The number of rotatable bonds is 4. The number of hydrogen-bond donors (Lipinski definition) is 3. The Labute approximate surface area is 111 Å². The van der Waals surface area contributed by atoms with Crippen molar-refractivity contribution in [3.05, 3.63) is 21.6 Å². The van der Waals surface area contributed by atoms with Crippen LogP contribution in [-0.2, 0) is 16.0 Å². The fraction of sp³-hybridized carbons (Fsp3) is 0.667. The standard InChI is InChI=1S/C12H20N4O3/c1-8-10(12(18)15-14-8)6-11(17)16-4-5-19-9(7-16)2-3-13/h9H,2-7,13H2,1H3,(H2,14,15,18)/t9-/m0/s1. The summed E-state index contributed by atoms with van der Waals surface area (Å²) in [6.07, 6.45) is 0.876. The molecule has 106 valence electrons. The van der Waals surface area contributed by atoms with Crippen molar-refractivity contribution in [3.63, 3.8) is 0 Å². The molecule has 0 saturated carbocycles. The molecule has 0 bridgehead atoms. The highest BCUT2D eigenvalue weighted by Crippen LogP contribution is 2.10. The van der Waals surface area contributed by atoms with Gasteiger partial charge in [0.25, 0.3) is 5.56 Å². The molecular formula is C12H20N4O3. The van der Waals surface area contributed by atoms with Gasteiger partial charge >= 0.3 is 0 Å². The lowest BCUT2D eigenvalue weighted by Gasteiger charge is -2.32. The number of hydrogen-bond acceptors (Lipinski definition) is 4. The Morgan fingerprint density at radius 1 is 1.53 bits per heavy atom. The molecule has 1 aromatic rings. The Hall–Kier alpha value is -1.60. The minimum atomic E-state index is -0.224. The fourth-order valence-corrected chi connectivity index (χ4v) is 2.25. The molecule has 1 atom stereocenters. The third-order valence-electron chi connectivity index (χ3n) is 3.40. The van der Waals surface area contributed by atoms with E-state index < -0.39 is 0 Å². The maximum absolute atomic E-state index is 12.2. The molecule has 1 aliphatic rings. The van der Waals surface area contributed by atoms with Gasteiger partial charge in [-0.1, -0.05) is 0 Å². The number of morpholine rings is 1. The Kier molecular flexibility index (Phi) is 4.39. The summed E-state index contributed by atoms with van der Waals surface area (Å²) in [5, 5.41) is 5.21. The molecule has 1 amide bonds. The smallest absolute Gasteiger partial charge is 0.267 e. The maximum atomic E-state index is 12.2. The van der Waals surface area contributed by atoms with Crippen LogP contribution in [0, 0.1) is 6.92 Å². The molecule has 1 aliphatic heterocycles. The van der Waals surface area contributed by atoms with Gasteiger partial charge in [-0.25, -0.2) is 0 Å². The summed E-state index contributed by atoms with van der Waals surface area (Å²) in [6.45, 7) is 3.97. The number of nitrogens with one attached hydrogen (secondary N) is 2. The van der Waals surface area contributed by atoms with Crippen molar-refractivity contribution < 1.29 is 9.53 Å². The van der Waals surface area contributed by atoms with Gasteiger partial charge in [0.05, 0.1) is 19.1 Å². The van der Waals surface area contributed by atoms with E-state index in [9.17, 15) is 9.59 Å². The van der Waals surface area contributed by atoms with Crippen LogP contribution in [0.25, 0.3) is 0 Å². The molecule has 1 aromatic heterocycles. The normalized spacial score (nSPS) is 19.7. The zero-order valence-electron chi connectivity index (χ0n) is 11.1. The summed E-state index contributed by atoms with van der Waals surface area (Å²) >= 11 is 0. The molecule has 0 spiro atoms. The van der Waals surface area contributed by atoms with Gasteiger partial charge in [0, 0.05) is 24.3 Å². The summed E-state index contributed by atoms with van der Waals surface area (Å²) in [5.74, 6) is -0.0430. The van der Waals surface area contributed by atoms with E-state index in [0.29, 0.717) is 37.5 Å². The summed E-state index contributed by atoms with van der Waals surface area (Å²) in [4.78, 5) is 25.5. The van der Waals surface area contributed by atoms with E-state index in [-0.39, 0.29) is 24.0 Å². The van der Waals surface area contributed by atoms with E-state index in [1.165, 1.54) is 0 Å². The quantitative estimate of drug-likeness (QED) is 0.660. The first-order valence-electron chi connectivity index (χ1n) is 6.47. The summed E-state index contributed by atoms with van der Waals surface area (Å²) in [5.41, 5.74) is 6.49. The number of carbonyl (C=O) groups is 1. The third-order valence-corrected chi connectivity index (χ3v) is 3.40. The topological polar surface area (TPSA) is 104 Å². The molecule has 2 heterocycles. The van der Waals surface area contributed by atoms with Crippen molar-refractivity contribution >= 4 is 5.91 Å². The molecule has 1 fully saturated rings. The second-order valence-corrected chi connectivity index (χ2v) is 4.77. The molecule has 0 unspecified atom stereocenters. The van der Waals surface area contributed by atoms with E-state index in [1.807, 2.05) is 0 Å². The minimum Gasteiger partial charge on any atom is -0.374 e. The number of carbonyl (C=O) groups excluding carboxylic acids is 1. The molecule has 4 N–H and O–H groups in total. The van der Waals surface area contributed by atoms with Gasteiger partial charge < -0.3 is 20.5 Å². The zero-order chi connectivity index (χ0) is 13.8. The number of aryl methyl sites for hydroxylation is 1. The van der Waals surface area contributed by atoms with Crippen molar-refractivity contribution in [2.45, 2.75) is 25.9 Å². The van der Waals surface area contributed by atoms with Crippen LogP contribution in [-0.4, -0.2) is 53.3 Å². The lowest BCUT2D eigenvalue weighted by Crippen LogP contribution is -2.47. The van der Waals surface area contributed by atoms with Gasteiger partial charge in [-0.15, -0.1) is 0 Å². The second kappa shape index (κ2) is 6.03. The number of H-pyrrole nitrogens is 2. The highest BCUT2D eigenvalue weighted by molar-refractivity contribution is 5.79. The Morgan fingerprint density at radius 3 is 2.95 bits per heavy atom. The highest BCUT2D eigenvalue weighted by atomic mass is 16.5. The summed E-state index contributed by atoms with van der Waals surface area (Å²) in [6, 6.07) is 0. The van der Waals surface area contributed by atoms with Crippen LogP contribution in [0.4, 0.5) is 0 Å². The van der Waals surface area contributed by atoms with Crippen LogP contribution in [0.3, 0.4) is 0 Å². The molecule has 7 heteroatoms. The zero-order valence-corrected chi connectivity index (χ0v) is 11.1. The Bertz CT molecular complexity index is 491. The number of aromatic nitrogens is 2. The maximum Gasteiger partial charge on any atom is 0.267 e. The van der Waals surface area contributed by atoms with E-state index in [1.54, 1.807) is 11.8 Å². The van der Waals surface area contributed by atoms with E-state index >= 15 is 0 Å². The first-order valence-corrected chi connectivity index (χ1v) is 6.47. The molecule has 0 aliphatic carbocycles. The number of amides is 1.